The van der Waals surface area contributed by atoms with Crippen LogP contribution >= 0.6 is 0 Å². The molecule has 0 spiro atoms. The van der Waals surface area contributed by atoms with Gasteiger partial charge in [-0.2, -0.15) is 0 Å². The number of ether oxygens (including phenoxy) is 2. The fourth-order valence-electron chi connectivity index (χ4n) is 2.58. The molecule has 0 radical (unpaired) electrons. The fraction of sp³-hybridized carbons (Fsp3) is 0.462. The summed E-state index contributed by atoms with van der Waals surface area (Å²) in [5.41, 5.74) is 0. The quantitative estimate of drug-likeness (QED) is 0.762. The summed E-state index contributed by atoms with van der Waals surface area (Å²) >= 11 is -0.199. The van der Waals surface area contributed by atoms with Crippen LogP contribution in [0.5, 0.6) is 0 Å². The van der Waals surface area contributed by atoms with Gasteiger partial charge in [0.1, 0.15) is 0 Å². The molecular weight excluding hydrogens is 299 g/mol. The fourth-order valence-corrected chi connectivity index (χ4v) is 5.26. The number of Topliss-reactive ketones (excluding diaryl/α,β-unsaturated/α-hetero) is 1. The Kier molecular flexibility index (Phi) is 3.04. The molecule has 2 fully saturated rings. The van der Waals surface area contributed by atoms with Gasteiger partial charge in [-0.3, -0.25) is 0 Å². The van der Waals surface area contributed by atoms with E-state index in [-0.39, 0.29) is 20.7 Å². The standard InChI is InChI=1S/C13H14O4Se/c1-16-12-11-9(14)7-10(17-11)13(12,15)18-8-5-3-2-4-6-8/h2-6,10-12,15H,7H2,1H3/t10-,11+,12-,13+/m1/s1. The van der Waals surface area contributed by atoms with Crippen LogP contribution in [0, 0.1) is 0 Å². The maximum absolute atomic E-state index is 11.6. The summed E-state index contributed by atoms with van der Waals surface area (Å²) in [7, 11) is 1.52. The van der Waals surface area contributed by atoms with E-state index in [9.17, 15) is 9.90 Å². The number of hydrogen-bond donors (Lipinski definition) is 1. The molecule has 2 heterocycles. The van der Waals surface area contributed by atoms with Crippen molar-refractivity contribution >= 4 is 25.2 Å². The molecule has 0 aromatic heterocycles. The molecule has 1 aromatic rings. The van der Waals surface area contributed by atoms with Gasteiger partial charge in [0.05, 0.1) is 0 Å². The van der Waals surface area contributed by atoms with Crippen LogP contribution in [-0.4, -0.2) is 55.8 Å². The first-order valence-electron chi connectivity index (χ1n) is 5.82. The Morgan fingerprint density at radius 2 is 2.17 bits per heavy atom. The van der Waals surface area contributed by atoms with Crippen LogP contribution in [0.2, 0.25) is 0 Å². The molecule has 2 aliphatic heterocycles. The molecule has 0 saturated carbocycles. The van der Waals surface area contributed by atoms with Crippen LogP contribution in [0.1, 0.15) is 6.42 Å². The first-order valence-corrected chi connectivity index (χ1v) is 7.54. The number of fused-ring (bicyclic) bond motifs is 2. The Balaban J connectivity index is 1.88. The molecule has 1 N–H and O–H groups in total. The zero-order valence-corrected chi connectivity index (χ0v) is 11.6. The topological polar surface area (TPSA) is 55.8 Å². The Morgan fingerprint density at radius 3 is 2.83 bits per heavy atom. The number of ketones is 1. The number of carbonyl (C=O) groups is 1. The van der Waals surface area contributed by atoms with Crippen molar-refractivity contribution in [1.82, 2.24) is 0 Å². The number of benzene rings is 1. The molecule has 4 atom stereocenters. The molecule has 0 amide bonds. The van der Waals surface area contributed by atoms with Crippen molar-refractivity contribution in [2.24, 2.45) is 0 Å². The molecule has 5 heteroatoms. The summed E-state index contributed by atoms with van der Waals surface area (Å²) in [5, 5.41) is 10.8. The van der Waals surface area contributed by atoms with E-state index >= 15 is 0 Å². The zero-order valence-electron chi connectivity index (χ0n) is 9.91. The van der Waals surface area contributed by atoms with Crippen molar-refractivity contribution < 1.29 is 19.4 Å². The van der Waals surface area contributed by atoms with Crippen LogP contribution < -0.4 is 4.46 Å². The Bertz CT molecular complexity index is 463. The van der Waals surface area contributed by atoms with Gasteiger partial charge in [0.15, 0.2) is 0 Å². The van der Waals surface area contributed by atoms with Gasteiger partial charge in [-0.05, 0) is 0 Å². The normalized spacial score (nSPS) is 38.3. The van der Waals surface area contributed by atoms with Crippen molar-refractivity contribution in [2.75, 3.05) is 7.11 Å². The van der Waals surface area contributed by atoms with Gasteiger partial charge in [0.25, 0.3) is 0 Å². The number of hydrogen-bond acceptors (Lipinski definition) is 4. The molecule has 4 nitrogen and oxygen atoms in total. The van der Waals surface area contributed by atoms with E-state index in [1.54, 1.807) is 0 Å². The van der Waals surface area contributed by atoms with Crippen molar-refractivity contribution in [3.63, 3.8) is 0 Å². The second-order valence-corrected chi connectivity index (χ2v) is 7.33. The Labute approximate surface area is 111 Å². The van der Waals surface area contributed by atoms with Crippen LogP contribution in [0.15, 0.2) is 30.3 Å². The minimum atomic E-state index is -1.04. The van der Waals surface area contributed by atoms with Gasteiger partial charge >= 0.3 is 111 Å². The average Bonchev–Trinajstić information content (AvgIpc) is 2.85. The Hall–Kier alpha value is -0.711. The molecule has 1 aromatic carbocycles. The second kappa shape index (κ2) is 4.44. The number of aliphatic hydroxyl groups is 1. The van der Waals surface area contributed by atoms with E-state index in [2.05, 4.69) is 0 Å². The first kappa shape index (κ1) is 12.3. The average molecular weight is 313 g/mol. The third kappa shape index (κ3) is 1.75. The van der Waals surface area contributed by atoms with Crippen LogP contribution in [0.25, 0.3) is 0 Å². The Morgan fingerprint density at radius 1 is 1.44 bits per heavy atom. The minimum absolute atomic E-state index is 0.0420. The molecule has 2 saturated heterocycles. The zero-order chi connectivity index (χ0) is 12.8. The van der Waals surface area contributed by atoms with Crippen molar-refractivity contribution in [2.45, 2.75) is 29.2 Å². The van der Waals surface area contributed by atoms with Gasteiger partial charge < -0.3 is 0 Å². The molecule has 0 aliphatic carbocycles. The van der Waals surface area contributed by atoms with Crippen molar-refractivity contribution in [3.05, 3.63) is 30.3 Å². The van der Waals surface area contributed by atoms with E-state index in [0.29, 0.717) is 6.42 Å². The van der Waals surface area contributed by atoms with Gasteiger partial charge in [0, 0.05) is 0 Å². The molecule has 2 aliphatic rings. The predicted molar refractivity (Wildman–Crippen MR) is 65.9 cm³/mol. The molecule has 2 bridgehead atoms. The van der Waals surface area contributed by atoms with Crippen LogP contribution in [0.4, 0.5) is 0 Å². The number of rotatable bonds is 3. The van der Waals surface area contributed by atoms with Gasteiger partial charge in [-0.15, -0.1) is 0 Å². The summed E-state index contributed by atoms with van der Waals surface area (Å²) in [6.07, 6.45) is -1.24. The summed E-state index contributed by atoms with van der Waals surface area (Å²) in [5.74, 6) is 0.0420. The van der Waals surface area contributed by atoms with Gasteiger partial charge in [0.2, 0.25) is 0 Å². The van der Waals surface area contributed by atoms with E-state index < -0.39 is 22.8 Å². The summed E-state index contributed by atoms with van der Waals surface area (Å²) in [6, 6.07) is 9.80. The molecular formula is C13H14O4Se. The third-order valence-electron chi connectivity index (χ3n) is 3.44. The van der Waals surface area contributed by atoms with Gasteiger partial charge in [-0.25, -0.2) is 0 Å². The van der Waals surface area contributed by atoms with E-state index in [4.69, 9.17) is 9.47 Å². The van der Waals surface area contributed by atoms with Gasteiger partial charge in [-0.1, -0.05) is 0 Å². The van der Waals surface area contributed by atoms with Crippen molar-refractivity contribution in [3.8, 4) is 0 Å². The molecule has 3 rings (SSSR count). The van der Waals surface area contributed by atoms with Crippen LogP contribution in [-0.2, 0) is 14.3 Å². The van der Waals surface area contributed by atoms with Crippen LogP contribution in [0.3, 0.4) is 0 Å². The van der Waals surface area contributed by atoms with Crippen molar-refractivity contribution in [1.29, 1.82) is 0 Å². The molecule has 18 heavy (non-hydrogen) atoms. The molecule has 96 valence electrons. The summed E-state index contributed by atoms with van der Waals surface area (Å²) in [4.78, 5) is 11.6. The monoisotopic (exact) mass is 314 g/mol. The number of carbonyl (C=O) groups excluding carboxylic acids is 1. The summed E-state index contributed by atoms with van der Waals surface area (Å²) in [6.45, 7) is 0. The number of methoxy groups -OCH3 is 1. The van der Waals surface area contributed by atoms with E-state index in [0.717, 1.165) is 4.46 Å². The summed E-state index contributed by atoms with van der Waals surface area (Å²) < 4.78 is 10.9. The second-order valence-electron chi connectivity index (χ2n) is 4.54. The van der Waals surface area contributed by atoms with E-state index in [1.165, 1.54) is 7.11 Å². The SMILES string of the molecule is CO[C@@H]1[C@H]2O[C@H](CC2=O)[C@]1(O)[Se]c1ccccc1. The predicted octanol–water partition coefficient (Wildman–Crippen LogP) is -0.540. The maximum atomic E-state index is 11.6. The first-order chi connectivity index (χ1) is 8.65. The van der Waals surface area contributed by atoms with E-state index in [1.807, 2.05) is 30.3 Å². The molecule has 0 unspecified atom stereocenters. The third-order valence-corrected chi connectivity index (χ3v) is 6.23.